The number of amides is 16. The van der Waals surface area contributed by atoms with Gasteiger partial charge in [-0.1, -0.05) is 52.0 Å². The van der Waals surface area contributed by atoms with Gasteiger partial charge in [0.05, 0.1) is 31.7 Å². The number of primary amides is 1. The number of phenols is 2. The highest BCUT2D eigenvalue weighted by Gasteiger charge is 2.40. The third-order valence-corrected chi connectivity index (χ3v) is 22.0. The van der Waals surface area contributed by atoms with E-state index in [0.29, 0.717) is 36.1 Å². The minimum Gasteiger partial charge on any atom is -0.508 e. The number of rotatable bonds is 68. The zero-order chi connectivity index (χ0) is 102. The molecular weight excluding hydrogens is 1820 g/mol. The molecule has 0 aromatic heterocycles. The number of hydrogen-bond donors (Lipinski definition) is 31. The second-order valence-corrected chi connectivity index (χ2v) is 35.3. The van der Waals surface area contributed by atoms with Crippen molar-refractivity contribution < 1.29 is 117 Å². The zero-order valence-electron chi connectivity index (χ0n) is 77.9. The van der Waals surface area contributed by atoms with Crippen molar-refractivity contribution >= 4 is 142 Å². The van der Waals surface area contributed by atoms with E-state index in [1.165, 1.54) is 72.1 Å². The highest BCUT2D eigenvalue weighted by molar-refractivity contribution is 7.98. The van der Waals surface area contributed by atoms with E-state index in [1.807, 2.05) is 6.26 Å². The fourth-order valence-electron chi connectivity index (χ4n) is 13.3. The maximum atomic E-state index is 14.8. The van der Waals surface area contributed by atoms with Gasteiger partial charge in [0.1, 0.15) is 96.1 Å². The average Bonchev–Trinajstić information content (AvgIpc) is 0.851. The molecule has 2 aromatic rings. The second-order valence-electron chi connectivity index (χ2n) is 33.3. The monoisotopic (exact) mass is 1960 g/mol. The van der Waals surface area contributed by atoms with Crippen molar-refractivity contribution in [2.24, 2.45) is 46.2 Å². The lowest BCUT2D eigenvalue weighted by Crippen LogP contribution is -2.62. The smallest absolute Gasteiger partial charge is 0.326 e. The minimum atomic E-state index is -2.09. The number of carboxylic acids is 2. The summed E-state index contributed by atoms with van der Waals surface area (Å²) in [6, 6.07) is -13.2. The molecular formula is C85H141N25O24S2. The van der Waals surface area contributed by atoms with Crippen LogP contribution in [0, 0.1) is 22.7 Å². The fraction of sp³-hybridized carbons (Fsp3) is 0.624. The third-order valence-electron chi connectivity index (χ3n) is 20.7. The molecule has 0 bridgehead atoms. The number of benzene rings is 2. The Hall–Kier alpha value is -12.5. The number of aromatic hydroxyl groups is 2. The number of aliphatic hydroxyl groups is 2. The number of carbonyl (C=O) groups is 18. The Labute approximate surface area is 797 Å². The molecule has 0 aliphatic heterocycles. The van der Waals surface area contributed by atoms with Crippen molar-refractivity contribution in [3.05, 3.63) is 59.7 Å². The van der Waals surface area contributed by atoms with Gasteiger partial charge in [0.25, 0.3) is 0 Å². The minimum absolute atomic E-state index is 0.00246. The predicted octanol–water partition coefficient (Wildman–Crippen LogP) is -7.29. The number of thioether (sulfide) groups is 2. The van der Waals surface area contributed by atoms with E-state index < -0.39 is 253 Å². The number of guanidine groups is 2. The molecule has 136 heavy (non-hydrogen) atoms. The van der Waals surface area contributed by atoms with E-state index in [2.05, 4.69) is 90.4 Å². The number of carbonyl (C=O) groups excluding carboxylic acids is 16. The third kappa shape index (κ3) is 48.1. The van der Waals surface area contributed by atoms with Crippen molar-refractivity contribution in [2.45, 2.75) is 260 Å². The van der Waals surface area contributed by atoms with Gasteiger partial charge in [0, 0.05) is 32.4 Å². The average molecular weight is 1960 g/mol. The summed E-state index contributed by atoms with van der Waals surface area (Å²) in [6.45, 7) is 7.40. The molecule has 0 radical (unpaired) electrons. The Kier molecular flexibility index (Phi) is 56.7. The van der Waals surface area contributed by atoms with Crippen molar-refractivity contribution in [3.8, 4) is 11.5 Å². The summed E-state index contributed by atoms with van der Waals surface area (Å²) in [6.07, 6.45) is -0.792. The predicted molar refractivity (Wildman–Crippen MR) is 503 cm³/mol. The first-order valence-corrected chi connectivity index (χ1v) is 47.4. The van der Waals surface area contributed by atoms with Crippen LogP contribution in [-0.4, -0.2) is 309 Å². The van der Waals surface area contributed by atoms with Crippen LogP contribution in [0.4, 0.5) is 0 Å². The summed E-state index contributed by atoms with van der Waals surface area (Å²) < 4.78 is 0. The molecule has 51 heteroatoms. The normalized spacial score (nSPS) is 14.6. The van der Waals surface area contributed by atoms with Crippen molar-refractivity contribution in [1.29, 1.82) is 10.8 Å². The van der Waals surface area contributed by atoms with E-state index >= 15 is 0 Å². The number of unbranched alkanes of at least 4 members (excludes halogenated alkanes) is 2. The van der Waals surface area contributed by atoms with Crippen LogP contribution in [0.3, 0.4) is 0 Å². The summed E-state index contributed by atoms with van der Waals surface area (Å²) in [5, 5.41) is 119. The van der Waals surface area contributed by atoms with E-state index in [0.717, 1.165) is 13.8 Å². The molecule has 0 saturated carbocycles. The highest BCUT2D eigenvalue weighted by atomic mass is 32.2. The Bertz CT molecular complexity index is 4280. The number of carboxylic acid groups (broad SMARTS) is 2. The van der Waals surface area contributed by atoms with Crippen LogP contribution >= 0.6 is 23.5 Å². The summed E-state index contributed by atoms with van der Waals surface area (Å²) >= 11 is 2.62. The molecule has 762 valence electrons. The standard InChI is InChI=1S/C85H141N25O24S2/c1-44(2)37-59(106-72(122)54(16-10-12-32-87)99-71(121)53(15-9-11-31-86)100-75(125)57(27-28-65(89)115)103-79(129)60(39-48-19-23-50(113)24-20-48)98-66(116)42-96-70(120)52(88)29-35-135-7)78(128)101-56(18-14-34-95-85(92)93)74(124)109-64(43-111)81(131)104-58(30-36-136-8)76(126)110-68(47(6)112)82(132)107-62(41-67(117)118)77(127)97-46(5)69(119)105-61(40-49-21-25-51(114)26-22-49)80(130)102-55(17-13-33-94-84(90)91)73(123)108-63(83(133)134)38-45(3)4/h19-26,44-47,52-64,68,111-114H,9-18,27-43,86-88H2,1-8H3,(H2,89,115)(H,96,120)(H,97,127)(H,98,116)(H,99,121)(H,100,125)(H,101,128)(H,102,130)(H,103,129)(H,104,131)(H,105,119)(H,106,122)(H,107,132)(H,108,123)(H,109,124)(H,110,126)(H,117,118)(H,133,134)(H4,90,91,94)(H4,92,93,95)/t46-,47+,52-,53-,54-,55-,56-,57-,58-,59-,60-,61-,62-,63-,64-,68-/m0/s1. The number of hydrogen-bond acceptors (Lipinski definition) is 29. The van der Waals surface area contributed by atoms with Crippen LogP contribution in [0.2, 0.25) is 0 Å². The van der Waals surface area contributed by atoms with E-state index in [-0.39, 0.29) is 133 Å². The SMILES string of the molecule is CSCC[C@H](NC(=O)[C@H](CO)NC(=O)[C@H](CCCNC(=N)N)NC(=O)[C@H](CC(C)C)NC(=O)[C@H](CCCCN)NC(=O)[C@H](CCCCN)NC(=O)[C@H](CCC(N)=O)NC(=O)[C@H](Cc1ccc(O)cc1)NC(=O)CNC(=O)[C@@H](N)CCSC)C(=O)N[C@H](C(=O)N[C@@H](CC(=O)O)C(=O)N[C@@H](C)C(=O)N[C@@H](Cc1ccc(O)cc1)C(=O)N[C@@H](CCCNC(=N)N)C(=O)N[C@@H](CC(C)C)C(=O)O)[C@@H](C)O. The number of nitrogens with two attached hydrogens (primary N) is 6. The Morgan fingerprint density at radius 2 is 0.728 bits per heavy atom. The van der Waals surface area contributed by atoms with Crippen LogP contribution in [0.1, 0.15) is 162 Å². The Balaban J connectivity index is 2.54. The van der Waals surface area contributed by atoms with Gasteiger partial charge in [-0.15, -0.1) is 0 Å². The van der Waals surface area contributed by atoms with Crippen molar-refractivity contribution in [1.82, 2.24) is 90.4 Å². The quantitative estimate of drug-likeness (QED) is 0.0166. The zero-order valence-corrected chi connectivity index (χ0v) is 79.5. The lowest BCUT2D eigenvalue weighted by Gasteiger charge is -2.29. The van der Waals surface area contributed by atoms with Gasteiger partial charge < -0.3 is 155 Å². The molecule has 16 atom stereocenters. The lowest BCUT2D eigenvalue weighted by molar-refractivity contribution is -0.143. The first kappa shape index (κ1) is 120. The molecule has 37 N–H and O–H groups in total. The molecule has 0 spiro atoms. The van der Waals surface area contributed by atoms with Crippen molar-refractivity contribution in [2.75, 3.05) is 63.3 Å². The second kappa shape index (κ2) is 64.5. The van der Waals surface area contributed by atoms with E-state index in [4.69, 9.17) is 45.2 Å². The molecule has 0 saturated heterocycles. The van der Waals surface area contributed by atoms with Gasteiger partial charge in [-0.25, -0.2) is 4.79 Å². The number of phenolic OH excluding ortho intramolecular Hbond substituents is 2. The van der Waals surface area contributed by atoms with Gasteiger partial charge in [0.15, 0.2) is 11.9 Å². The van der Waals surface area contributed by atoms with Crippen LogP contribution in [0.15, 0.2) is 48.5 Å². The number of nitrogens with one attached hydrogen (secondary N) is 19. The van der Waals surface area contributed by atoms with Gasteiger partial charge in [0.2, 0.25) is 94.5 Å². The molecule has 0 heterocycles. The van der Waals surface area contributed by atoms with Gasteiger partial charge in [-0.3, -0.25) is 92.3 Å². The van der Waals surface area contributed by atoms with E-state index in [1.54, 1.807) is 34.0 Å². The summed E-state index contributed by atoms with van der Waals surface area (Å²) in [4.78, 5) is 250. The topological polar surface area (TPSA) is 837 Å². The van der Waals surface area contributed by atoms with Crippen LogP contribution in [0.25, 0.3) is 0 Å². The fourth-order valence-corrected chi connectivity index (χ4v) is 14.2. The van der Waals surface area contributed by atoms with Crippen LogP contribution in [0.5, 0.6) is 11.5 Å². The molecule has 0 unspecified atom stereocenters. The summed E-state index contributed by atoms with van der Waals surface area (Å²) in [5.41, 5.74) is 34.9. The molecule has 0 aliphatic carbocycles. The molecule has 2 aromatic carbocycles. The summed E-state index contributed by atoms with van der Waals surface area (Å²) in [5.74, 6) is -20.8. The number of aliphatic carboxylic acids is 2. The lowest BCUT2D eigenvalue weighted by atomic mass is 10.0. The molecule has 0 aliphatic rings. The Morgan fingerprint density at radius 3 is 1.12 bits per heavy atom. The van der Waals surface area contributed by atoms with E-state index in [9.17, 15) is 117 Å². The molecule has 2 rings (SSSR count). The first-order valence-electron chi connectivity index (χ1n) is 44.6. The van der Waals surface area contributed by atoms with Crippen molar-refractivity contribution in [3.63, 3.8) is 0 Å². The molecule has 0 fully saturated rings. The molecule has 16 amide bonds. The highest BCUT2D eigenvalue weighted by Crippen LogP contribution is 2.18. The molecule has 49 nitrogen and oxygen atoms in total. The Morgan fingerprint density at radius 1 is 0.382 bits per heavy atom. The van der Waals surface area contributed by atoms with Gasteiger partial charge in [-0.05, 0) is 194 Å². The van der Waals surface area contributed by atoms with Gasteiger partial charge >= 0.3 is 11.9 Å². The maximum Gasteiger partial charge on any atom is 0.326 e. The van der Waals surface area contributed by atoms with Crippen LogP contribution in [-0.2, 0) is 99.1 Å². The summed E-state index contributed by atoms with van der Waals surface area (Å²) in [7, 11) is 0. The largest absolute Gasteiger partial charge is 0.508 e. The first-order chi connectivity index (χ1) is 64.2. The van der Waals surface area contributed by atoms with Crippen LogP contribution < -0.4 is 125 Å². The maximum absolute atomic E-state index is 14.8. The van der Waals surface area contributed by atoms with Gasteiger partial charge in [-0.2, -0.15) is 23.5 Å². The number of aliphatic hydroxyl groups excluding tert-OH is 2.